The molecule has 5 nitrogen and oxygen atoms in total. The van der Waals surface area contributed by atoms with E-state index in [0.29, 0.717) is 0 Å². The fourth-order valence-electron chi connectivity index (χ4n) is 1.46. The monoisotopic (exact) mass is 224 g/mol. The third-order valence-electron chi connectivity index (χ3n) is 2.35. The van der Waals surface area contributed by atoms with Crippen molar-refractivity contribution >= 4 is 5.82 Å². The first-order valence-electron chi connectivity index (χ1n) is 5.62. The van der Waals surface area contributed by atoms with Crippen molar-refractivity contribution in [2.24, 2.45) is 0 Å². The first kappa shape index (κ1) is 12.9. The van der Waals surface area contributed by atoms with Gasteiger partial charge in [0.05, 0.1) is 18.5 Å². The van der Waals surface area contributed by atoms with Gasteiger partial charge in [0, 0.05) is 25.8 Å². The second-order valence-electron chi connectivity index (χ2n) is 3.63. The molecule has 0 saturated carbocycles. The molecular weight excluding hydrogens is 204 g/mol. The lowest BCUT2D eigenvalue weighted by molar-refractivity contribution is 0.206. The van der Waals surface area contributed by atoms with E-state index in [0.717, 1.165) is 37.7 Å². The van der Waals surface area contributed by atoms with Crippen molar-refractivity contribution in [1.29, 1.82) is 0 Å². The average molecular weight is 224 g/mol. The van der Waals surface area contributed by atoms with Gasteiger partial charge in [0.15, 0.2) is 0 Å². The van der Waals surface area contributed by atoms with E-state index in [-0.39, 0.29) is 6.61 Å². The van der Waals surface area contributed by atoms with Gasteiger partial charge in [-0.15, -0.1) is 0 Å². The standard InChI is InChI=1S/C11H20N4O/c1-3-15(6-7-16)5-4-13-11-9-12-8-10(2)14-11/h8-9,16H,3-7H2,1-2H3,(H,13,14). The molecule has 5 heteroatoms. The van der Waals surface area contributed by atoms with Gasteiger partial charge in [-0.2, -0.15) is 0 Å². The first-order valence-corrected chi connectivity index (χ1v) is 5.62. The van der Waals surface area contributed by atoms with Crippen LogP contribution in [0.5, 0.6) is 0 Å². The average Bonchev–Trinajstić information content (AvgIpc) is 2.28. The maximum absolute atomic E-state index is 8.84. The molecule has 1 aromatic rings. The second kappa shape index (κ2) is 7.14. The molecule has 0 atom stereocenters. The van der Waals surface area contributed by atoms with Gasteiger partial charge in [-0.1, -0.05) is 6.92 Å². The topological polar surface area (TPSA) is 61.3 Å². The molecule has 0 aliphatic carbocycles. The van der Waals surface area contributed by atoms with Crippen LogP contribution in [0.1, 0.15) is 12.6 Å². The molecule has 16 heavy (non-hydrogen) atoms. The molecule has 2 N–H and O–H groups in total. The van der Waals surface area contributed by atoms with Crippen LogP contribution in [0.4, 0.5) is 5.82 Å². The van der Waals surface area contributed by atoms with Crippen molar-refractivity contribution in [2.45, 2.75) is 13.8 Å². The van der Waals surface area contributed by atoms with Crippen LogP contribution in [0.15, 0.2) is 12.4 Å². The number of aliphatic hydroxyl groups excluding tert-OH is 1. The Morgan fingerprint density at radius 1 is 1.38 bits per heavy atom. The Morgan fingerprint density at radius 2 is 2.19 bits per heavy atom. The van der Waals surface area contributed by atoms with Crippen molar-refractivity contribution in [1.82, 2.24) is 14.9 Å². The lowest BCUT2D eigenvalue weighted by Crippen LogP contribution is -2.31. The summed E-state index contributed by atoms with van der Waals surface area (Å²) in [5, 5.41) is 12.0. The van der Waals surface area contributed by atoms with Gasteiger partial charge in [0.25, 0.3) is 0 Å². The number of aliphatic hydroxyl groups is 1. The predicted molar refractivity (Wildman–Crippen MR) is 64.5 cm³/mol. The normalized spacial score (nSPS) is 10.8. The van der Waals surface area contributed by atoms with E-state index >= 15 is 0 Å². The van der Waals surface area contributed by atoms with E-state index in [1.807, 2.05) is 6.92 Å². The van der Waals surface area contributed by atoms with Gasteiger partial charge in [0.2, 0.25) is 0 Å². The van der Waals surface area contributed by atoms with E-state index in [4.69, 9.17) is 5.11 Å². The summed E-state index contributed by atoms with van der Waals surface area (Å²) in [4.78, 5) is 10.5. The van der Waals surface area contributed by atoms with Crippen LogP contribution in [-0.2, 0) is 0 Å². The zero-order valence-corrected chi connectivity index (χ0v) is 9.98. The van der Waals surface area contributed by atoms with E-state index in [9.17, 15) is 0 Å². The maximum atomic E-state index is 8.84. The molecule has 1 heterocycles. The summed E-state index contributed by atoms with van der Waals surface area (Å²) >= 11 is 0. The maximum Gasteiger partial charge on any atom is 0.144 e. The lowest BCUT2D eigenvalue weighted by Gasteiger charge is -2.19. The summed E-state index contributed by atoms with van der Waals surface area (Å²) in [5.74, 6) is 0.806. The largest absolute Gasteiger partial charge is 0.395 e. The Hall–Kier alpha value is -1.20. The number of anilines is 1. The number of nitrogens with zero attached hydrogens (tertiary/aromatic N) is 3. The molecule has 0 bridgehead atoms. The summed E-state index contributed by atoms with van der Waals surface area (Å²) in [5.41, 5.74) is 0.910. The molecule has 0 unspecified atom stereocenters. The van der Waals surface area contributed by atoms with Crippen LogP contribution in [0.25, 0.3) is 0 Å². The van der Waals surface area contributed by atoms with E-state index in [2.05, 4.69) is 27.1 Å². The molecule has 0 aliphatic rings. The van der Waals surface area contributed by atoms with E-state index < -0.39 is 0 Å². The molecule has 1 aromatic heterocycles. The van der Waals surface area contributed by atoms with Crippen molar-refractivity contribution in [2.75, 3.05) is 38.1 Å². The number of aryl methyl sites for hydroxylation is 1. The highest BCUT2D eigenvalue weighted by Gasteiger charge is 2.01. The highest BCUT2D eigenvalue weighted by molar-refractivity contribution is 5.31. The summed E-state index contributed by atoms with van der Waals surface area (Å²) in [7, 11) is 0. The Kier molecular flexibility index (Phi) is 5.74. The number of aromatic nitrogens is 2. The van der Waals surface area contributed by atoms with Crippen molar-refractivity contribution in [3.05, 3.63) is 18.1 Å². The molecule has 0 radical (unpaired) electrons. The zero-order chi connectivity index (χ0) is 11.8. The second-order valence-corrected chi connectivity index (χ2v) is 3.63. The van der Waals surface area contributed by atoms with Gasteiger partial charge in [-0.3, -0.25) is 9.88 Å². The van der Waals surface area contributed by atoms with Gasteiger partial charge in [0.1, 0.15) is 5.82 Å². The van der Waals surface area contributed by atoms with E-state index in [1.54, 1.807) is 12.4 Å². The molecule has 1 rings (SSSR count). The van der Waals surface area contributed by atoms with Crippen LogP contribution in [0.2, 0.25) is 0 Å². The fraction of sp³-hybridized carbons (Fsp3) is 0.636. The number of hydrogen-bond donors (Lipinski definition) is 2. The van der Waals surface area contributed by atoms with E-state index in [1.165, 1.54) is 0 Å². The molecule has 0 amide bonds. The molecule has 0 saturated heterocycles. The smallest absolute Gasteiger partial charge is 0.144 e. The SMILES string of the molecule is CCN(CCO)CCNc1cncc(C)n1. The molecular formula is C11H20N4O. The first-order chi connectivity index (χ1) is 7.76. The predicted octanol–water partition coefficient (Wildman–Crippen LogP) is 0.511. The van der Waals surface area contributed by atoms with Crippen molar-refractivity contribution in [3.63, 3.8) is 0 Å². The molecule has 0 spiro atoms. The Labute approximate surface area is 96.5 Å². The van der Waals surface area contributed by atoms with Crippen LogP contribution in [0.3, 0.4) is 0 Å². The number of nitrogens with one attached hydrogen (secondary N) is 1. The Balaban J connectivity index is 2.29. The van der Waals surface area contributed by atoms with Gasteiger partial charge in [-0.05, 0) is 13.5 Å². The van der Waals surface area contributed by atoms with Crippen LogP contribution < -0.4 is 5.32 Å². The fourth-order valence-corrected chi connectivity index (χ4v) is 1.46. The van der Waals surface area contributed by atoms with Crippen LogP contribution in [0, 0.1) is 6.92 Å². The zero-order valence-electron chi connectivity index (χ0n) is 9.98. The highest BCUT2D eigenvalue weighted by Crippen LogP contribution is 2.00. The van der Waals surface area contributed by atoms with Crippen LogP contribution >= 0.6 is 0 Å². The number of likely N-dealkylation sites (N-methyl/N-ethyl adjacent to an activating group) is 1. The molecule has 0 aliphatic heterocycles. The minimum Gasteiger partial charge on any atom is -0.395 e. The van der Waals surface area contributed by atoms with Crippen molar-refractivity contribution in [3.8, 4) is 0 Å². The minimum absolute atomic E-state index is 0.206. The highest BCUT2D eigenvalue weighted by atomic mass is 16.3. The molecule has 90 valence electrons. The van der Waals surface area contributed by atoms with Crippen LogP contribution in [-0.4, -0.2) is 52.8 Å². The molecule has 0 fully saturated rings. The summed E-state index contributed by atoms with van der Waals surface area (Å²) in [6, 6.07) is 0. The third-order valence-corrected chi connectivity index (χ3v) is 2.35. The quantitative estimate of drug-likeness (QED) is 0.706. The minimum atomic E-state index is 0.206. The number of hydrogen-bond acceptors (Lipinski definition) is 5. The summed E-state index contributed by atoms with van der Waals surface area (Å²) < 4.78 is 0. The number of rotatable bonds is 7. The van der Waals surface area contributed by atoms with Gasteiger partial charge < -0.3 is 10.4 Å². The summed E-state index contributed by atoms with van der Waals surface area (Å²) in [6.45, 7) is 7.58. The van der Waals surface area contributed by atoms with Crippen molar-refractivity contribution < 1.29 is 5.11 Å². The Morgan fingerprint density at radius 3 is 2.81 bits per heavy atom. The molecule has 0 aromatic carbocycles. The van der Waals surface area contributed by atoms with Gasteiger partial charge >= 0.3 is 0 Å². The lowest BCUT2D eigenvalue weighted by atomic mass is 10.4. The summed E-state index contributed by atoms with van der Waals surface area (Å²) in [6.07, 6.45) is 3.45. The Bertz CT molecular complexity index is 306. The van der Waals surface area contributed by atoms with Gasteiger partial charge in [-0.25, -0.2) is 4.98 Å². The third kappa shape index (κ3) is 4.55.